The molecule has 1 aromatic carbocycles. The van der Waals surface area contributed by atoms with Gasteiger partial charge in [0.15, 0.2) is 0 Å². The van der Waals surface area contributed by atoms with Crippen LogP contribution in [-0.4, -0.2) is 12.5 Å². The Balaban J connectivity index is 2.22. The molecule has 1 N–H and O–H groups in total. The molecule has 0 radical (unpaired) electrons. The van der Waals surface area contributed by atoms with Gasteiger partial charge in [-0.15, -0.1) is 0 Å². The lowest BCUT2D eigenvalue weighted by molar-refractivity contribution is 0.0949. The Labute approximate surface area is 121 Å². The largest absolute Gasteiger partial charge is 0.422 e. The predicted molar refractivity (Wildman–Crippen MR) is 79.4 cm³/mol. The van der Waals surface area contributed by atoms with Gasteiger partial charge in [0.05, 0.1) is 0 Å². The smallest absolute Gasteiger partial charge is 0.349 e. The Bertz CT molecular complexity index is 678. The van der Waals surface area contributed by atoms with Gasteiger partial charge in [-0.3, -0.25) is 4.79 Å². The van der Waals surface area contributed by atoms with Crippen molar-refractivity contribution in [2.24, 2.45) is 0 Å². The molecule has 106 valence electrons. The minimum absolute atomic E-state index is 0.0104. The van der Waals surface area contributed by atoms with Gasteiger partial charge < -0.3 is 9.73 Å². The monoisotopic (exact) mass is 293 g/mol. The molecule has 0 atom stereocenters. The molecule has 0 bridgehead atoms. The molecular formula is C15H16ClNO3. The number of unbranched alkanes of at least 4 members (excludes halogenated alkanes) is 2. The fraction of sp³-hybridized carbons (Fsp3) is 0.333. The van der Waals surface area contributed by atoms with Crippen LogP contribution in [0, 0.1) is 0 Å². The van der Waals surface area contributed by atoms with E-state index in [4.69, 9.17) is 16.0 Å². The van der Waals surface area contributed by atoms with Crippen molar-refractivity contribution < 1.29 is 9.21 Å². The van der Waals surface area contributed by atoms with E-state index in [9.17, 15) is 9.59 Å². The first-order valence-corrected chi connectivity index (χ1v) is 7.01. The predicted octanol–water partition coefficient (Wildman–Crippen LogP) is 3.37. The molecule has 4 nitrogen and oxygen atoms in total. The molecule has 1 aromatic heterocycles. The molecule has 1 amide bonds. The summed E-state index contributed by atoms with van der Waals surface area (Å²) in [6, 6.07) is 6.43. The molecule has 2 aromatic rings. The second kappa shape index (κ2) is 6.57. The Kier molecular flexibility index (Phi) is 4.79. The van der Waals surface area contributed by atoms with Crippen LogP contribution >= 0.6 is 11.6 Å². The van der Waals surface area contributed by atoms with Crippen molar-refractivity contribution in [1.29, 1.82) is 0 Å². The Hall–Kier alpha value is -1.81. The van der Waals surface area contributed by atoms with Crippen LogP contribution in [0.2, 0.25) is 5.02 Å². The highest BCUT2D eigenvalue weighted by Gasteiger charge is 2.13. The number of rotatable bonds is 5. The zero-order valence-electron chi connectivity index (χ0n) is 11.2. The molecule has 0 fully saturated rings. The van der Waals surface area contributed by atoms with E-state index in [-0.39, 0.29) is 5.56 Å². The molecule has 20 heavy (non-hydrogen) atoms. The maximum atomic E-state index is 12.0. The number of benzene rings is 1. The molecule has 0 aliphatic heterocycles. The van der Waals surface area contributed by atoms with Gasteiger partial charge in [0.25, 0.3) is 5.91 Å². The van der Waals surface area contributed by atoms with Crippen LogP contribution in [0.25, 0.3) is 11.0 Å². The molecule has 0 saturated carbocycles. The summed E-state index contributed by atoms with van der Waals surface area (Å²) < 4.78 is 5.12. The highest BCUT2D eigenvalue weighted by Crippen LogP contribution is 2.18. The second-order valence-electron chi connectivity index (χ2n) is 4.59. The maximum absolute atomic E-state index is 12.0. The quantitative estimate of drug-likeness (QED) is 0.679. The number of hydrogen-bond acceptors (Lipinski definition) is 3. The number of hydrogen-bond donors (Lipinski definition) is 1. The summed E-state index contributed by atoms with van der Waals surface area (Å²) in [6.45, 7) is 2.64. The molecule has 2 rings (SSSR count). The van der Waals surface area contributed by atoms with Crippen molar-refractivity contribution >= 4 is 28.5 Å². The molecule has 0 aliphatic carbocycles. The van der Waals surface area contributed by atoms with E-state index in [1.54, 1.807) is 18.2 Å². The van der Waals surface area contributed by atoms with Crippen molar-refractivity contribution in [3.63, 3.8) is 0 Å². The molecule has 0 unspecified atom stereocenters. The van der Waals surface area contributed by atoms with Crippen molar-refractivity contribution in [2.75, 3.05) is 6.54 Å². The lowest BCUT2D eigenvalue weighted by Gasteiger charge is -2.05. The van der Waals surface area contributed by atoms with E-state index in [1.165, 1.54) is 6.07 Å². The zero-order chi connectivity index (χ0) is 14.5. The number of halogens is 1. The van der Waals surface area contributed by atoms with Gasteiger partial charge in [-0.1, -0.05) is 31.4 Å². The minimum Gasteiger partial charge on any atom is -0.422 e. The van der Waals surface area contributed by atoms with Crippen molar-refractivity contribution in [3.05, 3.63) is 45.3 Å². The third kappa shape index (κ3) is 3.39. The highest BCUT2D eigenvalue weighted by molar-refractivity contribution is 6.31. The average Bonchev–Trinajstić information content (AvgIpc) is 2.43. The fourth-order valence-corrected chi connectivity index (χ4v) is 2.11. The number of amides is 1. The van der Waals surface area contributed by atoms with Gasteiger partial charge in [0, 0.05) is 17.0 Å². The van der Waals surface area contributed by atoms with Crippen molar-refractivity contribution in [2.45, 2.75) is 26.2 Å². The summed E-state index contributed by atoms with van der Waals surface area (Å²) in [5.41, 5.74) is -0.203. The maximum Gasteiger partial charge on any atom is 0.349 e. The fourth-order valence-electron chi connectivity index (χ4n) is 1.92. The van der Waals surface area contributed by atoms with Crippen LogP contribution in [0.1, 0.15) is 36.5 Å². The number of carbonyl (C=O) groups is 1. The Morgan fingerprint density at radius 3 is 2.85 bits per heavy atom. The van der Waals surface area contributed by atoms with Crippen molar-refractivity contribution in [3.8, 4) is 0 Å². The molecule has 5 heteroatoms. The number of carbonyl (C=O) groups excluding carboxylic acids is 1. The van der Waals surface area contributed by atoms with E-state index in [1.807, 2.05) is 0 Å². The first kappa shape index (κ1) is 14.6. The van der Waals surface area contributed by atoms with Crippen LogP contribution in [-0.2, 0) is 0 Å². The summed E-state index contributed by atoms with van der Waals surface area (Å²) in [5.74, 6) is -0.406. The van der Waals surface area contributed by atoms with Crippen LogP contribution in [0.4, 0.5) is 0 Å². The highest BCUT2D eigenvalue weighted by atomic mass is 35.5. The van der Waals surface area contributed by atoms with E-state index in [0.29, 0.717) is 22.5 Å². The van der Waals surface area contributed by atoms with Gasteiger partial charge in [-0.25, -0.2) is 4.79 Å². The van der Waals surface area contributed by atoms with Gasteiger partial charge in [0.1, 0.15) is 11.1 Å². The zero-order valence-corrected chi connectivity index (χ0v) is 12.0. The summed E-state index contributed by atoms with van der Waals surface area (Å²) >= 11 is 5.89. The third-order valence-electron chi connectivity index (χ3n) is 3.00. The van der Waals surface area contributed by atoms with Crippen LogP contribution < -0.4 is 10.9 Å². The van der Waals surface area contributed by atoms with E-state index >= 15 is 0 Å². The summed E-state index contributed by atoms with van der Waals surface area (Å²) in [4.78, 5) is 23.7. The second-order valence-corrected chi connectivity index (χ2v) is 5.03. The Morgan fingerprint density at radius 1 is 1.30 bits per heavy atom. The molecule has 0 saturated heterocycles. The third-order valence-corrected chi connectivity index (χ3v) is 3.24. The number of fused-ring (bicyclic) bond motifs is 1. The van der Waals surface area contributed by atoms with Crippen LogP contribution in [0.3, 0.4) is 0 Å². The van der Waals surface area contributed by atoms with E-state index < -0.39 is 11.5 Å². The van der Waals surface area contributed by atoms with Crippen LogP contribution in [0.15, 0.2) is 33.5 Å². The summed E-state index contributed by atoms with van der Waals surface area (Å²) in [6.07, 6.45) is 3.02. The van der Waals surface area contributed by atoms with Gasteiger partial charge in [0.2, 0.25) is 0 Å². The average molecular weight is 294 g/mol. The van der Waals surface area contributed by atoms with E-state index in [2.05, 4.69) is 12.2 Å². The lowest BCUT2D eigenvalue weighted by atomic mass is 10.1. The SMILES string of the molecule is CCCCCNC(=O)c1cc2cc(Cl)ccc2oc1=O. The standard InChI is InChI=1S/C15H16ClNO3/c1-2-3-4-7-17-14(18)12-9-10-8-11(16)5-6-13(10)20-15(12)19/h5-6,8-9H,2-4,7H2,1H3,(H,17,18). The molecule has 1 heterocycles. The van der Waals surface area contributed by atoms with Gasteiger partial charge >= 0.3 is 5.63 Å². The molecule has 0 aliphatic rings. The first-order chi connectivity index (χ1) is 9.61. The topological polar surface area (TPSA) is 59.3 Å². The summed E-state index contributed by atoms with van der Waals surface area (Å²) in [5, 5.41) is 3.89. The normalized spacial score (nSPS) is 10.7. The van der Waals surface area contributed by atoms with E-state index in [0.717, 1.165) is 19.3 Å². The number of nitrogens with one attached hydrogen (secondary N) is 1. The molecule has 0 spiro atoms. The van der Waals surface area contributed by atoms with Crippen LogP contribution in [0.5, 0.6) is 0 Å². The minimum atomic E-state index is -0.632. The van der Waals surface area contributed by atoms with Gasteiger partial charge in [-0.2, -0.15) is 0 Å². The lowest BCUT2D eigenvalue weighted by Crippen LogP contribution is -2.29. The Morgan fingerprint density at radius 2 is 2.10 bits per heavy atom. The van der Waals surface area contributed by atoms with Crippen molar-refractivity contribution in [1.82, 2.24) is 5.32 Å². The summed E-state index contributed by atoms with van der Waals surface area (Å²) in [7, 11) is 0. The van der Waals surface area contributed by atoms with Gasteiger partial charge in [-0.05, 0) is 30.7 Å². The molecular weight excluding hydrogens is 278 g/mol. The first-order valence-electron chi connectivity index (χ1n) is 6.63.